The number of phenols is 1. The van der Waals surface area contributed by atoms with E-state index in [-0.39, 0.29) is 143 Å². The second-order valence-corrected chi connectivity index (χ2v) is 30.6. The zero-order valence-electron chi connectivity index (χ0n) is 60.0. The van der Waals surface area contributed by atoms with Crippen LogP contribution in [0.25, 0.3) is 44.6 Å². The number of cyclic esters (lactones) is 1. The van der Waals surface area contributed by atoms with Crippen molar-refractivity contribution in [2.75, 3.05) is 26.2 Å². The lowest BCUT2D eigenvalue weighted by atomic mass is 9.77. The summed E-state index contributed by atoms with van der Waals surface area (Å²) < 4.78 is 14.3. The number of hydrogen-bond donors (Lipinski definition) is 6. The first-order valence-corrected chi connectivity index (χ1v) is 37.7. The highest BCUT2D eigenvalue weighted by molar-refractivity contribution is 6.13. The van der Waals surface area contributed by atoms with Crippen LogP contribution in [-0.4, -0.2) is 135 Å². The molecule has 26 heteroatoms. The summed E-state index contributed by atoms with van der Waals surface area (Å²) in [6, 6.07) is 17.5. The van der Waals surface area contributed by atoms with E-state index in [1.165, 1.54) is 34.1 Å². The number of amides is 6. The van der Waals surface area contributed by atoms with Gasteiger partial charge in [0.25, 0.3) is 34.7 Å². The van der Waals surface area contributed by atoms with Gasteiger partial charge < -0.3 is 49.7 Å². The summed E-state index contributed by atoms with van der Waals surface area (Å²) >= 11 is 0. The number of imide groups is 2. The van der Waals surface area contributed by atoms with Gasteiger partial charge in [0.15, 0.2) is 11.4 Å². The molecule has 2 atom stereocenters. The number of benzene rings is 2. The maximum atomic E-state index is 13.5. The summed E-state index contributed by atoms with van der Waals surface area (Å²) in [6.45, 7) is 5.98. The molecule has 26 nitrogen and oxygen atoms in total. The van der Waals surface area contributed by atoms with Crippen LogP contribution in [0.3, 0.4) is 0 Å². The zero-order chi connectivity index (χ0) is 75.3. The predicted molar refractivity (Wildman–Crippen MR) is 387 cm³/mol. The number of aromatic hydroxyl groups is 1. The number of ketones is 1. The minimum atomic E-state index is -1.89. The number of fused-ring (bicyclic) bond motifs is 10. The fourth-order valence-corrected chi connectivity index (χ4v) is 17.5. The number of Topliss-reactive ketones (excluding diaryl/α,β-unsaturated/α-hetero) is 1. The largest absolute Gasteiger partial charge is 0.508 e. The molecule has 6 amide bonds. The Morgan fingerprint density at radius 1 is 0.523 bits per heavy atom. The van der Waals surface area contributed by atoms with Gasteiger partial charge in [-0.3, -0.25) is 62.5 Å². The number of esters is 2. The number of aromatic nitrogens is 4. The van der Waals surface area contributed by atoms with Gasteiger partial charge in [-0.25, -0.2) is 14.8 Å². The first kappa shape index (κ1) is 73.6. The van der Waals surface area contributed by atoms with E-state index in [4.69, 9.17) is 19.6 Å². The molecule has 0 saturated heterocycles. The van der Waals surface area contributed by atoms with E-state index in [9.17, 15) is 72.9 Å². The van der Waals surface area contributed by atoms with Crippen molar-refractivity contribution in [1.82, 2.24) is 39.5 Å². The monoisotopic (exact) mass is 1460 g/mol. The minimum Gasteiger partial charge on any atom is -0.508 e. The van der Waals surface area contributed by atoms with Crippen LogP contribution in [0.5, 0.6) is 11.5 Å². The number of phenolic OH excluding ortho intramolecular Hbond substituents is 1. The van der Waals surface area contributed by atoms with E-state index in [2.05, 4.69) is 15.6 Å². The lowest BCUT2D eigenvalue weighted by Crippen LogP contribution is -2.44. The second-order valence-electron chi connectivity index (χ2n) is 30.6. The van der Waals surface area contributed by atoms with Crippen LogP contribution in [0.2, 0.25) is 0 Å². The van der Waals surface area contributed by atoms with E-state index in [0.717, 1.165) is 98.9 Å². The van der Waals surface area contributed by atoms with Gasteiger partial charge in [0.05, 0.1) is 64.3 Å². The van der Waals surface area contributed by atoms with Crippen LogP contribution in [0.15, 0.2) is 94.6 Å². The summed E-state index contributed by atoms with van der Waals surface area (Å²) in [6.07, 6.45) is 18.5. The maximum absolute atomic E-state index is 13.5. The Kier molecular flexibility index (Phi) is 20.7. The molecular formula is C81H88N8O18. The molecule has 560 valence electrons. The van der Waals surface area contributed by atoms with Crippen molar-refractivity contribution in [3.05, 3.63) is 139 Å². The number of carbonyl (C=O) groups is 10. The molecule has 6 N–H and O–H groups in total. The topological polar surface area (TPSA) is 370 Å². The number of hydrogen-bond acceptors (Lipinski definition) is 19. The van der Waals surface area contributed by atoms with E-state index < -0.39 is 23.1 Å². The van der Waals surface area contributed by atoms with Gasteiger partial charge in [-0.1, -0.05) is 13.8 Å². The molecular weight excluding hydrogens is 1370 g/mol. The first-order valence-electron chi connectivity index (χ1n) is 37.7. The van der Waals surface area contributed by atoms with Crippen LogP contribution in [0.1, 0.15) is 169 Å². The van der Waals surface area contributed by atoms with Crippen LogP contribution < -0.4 is 26.5 Å². The molecule has 0 bridgehead atoms. The van der Waals surface area contributed by atoms with E-state index in [1.54, 1.807) is 71.5 Å². The highest BCUT2D eigenvalue weighted by atomic mass is 16.6. The summed E-state index contributed by atoms with van der Waals surface area (Å²) in [5.41, 5.74) is 3.01. The van der Waals surface area contributed by atoms with Crippen molar-refractivity contribution < 1.29 is 77.8 Å². The third-order valence-electron chi connectivity index (χ3n) is 24.2. The lowest BCUT2D eigenvalue weighted by Gasteiger charge is -2.32. The molecule has 9 heterocycles. The van der Waals surface area contributed by atoms with Gasteiger partial charge in [0.1, 0.15) is 23.7 Å². The minimum absolute atomic E-state index is 0.000264. The van der Waals surface area contributed by atoms with Crippen LogP contribution in [-0.2, 0) is 90.0 Å². The summed E-state index contributed by atoms with van der Waals surface area (Å²) in [7, 11) is 0. The first-order chi connectivity index (χ1) is 51.4. The number of aliphatic carboxylic acids is 1. The Bertz CT molecular complexity index is 4830. The number of nitrogens with one attached hydrogen (secondary N) is 2. The highest BCUT2D eigenvalue weighted by Gasteiger charge is 2.47. The summed E-state index contributed by atoms with van der Waals surface area (Å²) in [5, 5.41) is 48.6. The molecule has 2 aromatic carbocycles. The Morgan fingerprint density at radius 3 is 1.45 bits per heavy atom. The molecule has 4 saturated carbocycles. The molecule has 16 rings (SSSR count). The Labute approximate surface area is 615 Å². The van der Waals surface area contributed by atoms with Crippen molar-refractivity contribution in [2.24, 2.45) is 47.3 Å². The summed E-state index contributed by atoms with van der Waals surface area (Å²) in [4.78, 5) is 160. The van der Waals surface area contributed by atoms with Crippen molar-refractivity contribution >= 4 is 80.9 Å². The van der Waals surface area contributed by atoms with Crippen LogP contribution in [0.4, 0.5) is 0 Å². The number of ether oxygens (including phenoxy) is 2. The molecule has 107 heavy (non-hydrogen) atoms. The number of carbonyl (C=O) groups excluding carboxylic acids is 9. The van der Waals surface area contributed by atoms with Crippen molar-refractivity contribution in [3.63, 3.8) is 0 Å². The third kappa shape index (κ3) is 14.6. The quantitative estimate of drug-likeness (QED) is 0.0326. The van der Waals surface area contributed by atoms with Gasteiger partial charge in [-0.05, 0) is 206 Å². The van der Waals surface area contributed by atoms with Gasteiger partial charge >= 0.3 is 17.9 Å². The number of nitrogens with zero attached hydrogens (tertiary/aromatic N) is 6. The number of aliphatic hydroxyl groups is 2. The Morgan fingerprint density at radius 2 is 0.963 bits per heavy atom. The van der Waals surface area contributed by atoms with Crippen molar-refractivity contribution in [3.8, 4) is 34.3 Å². The van der Waals surface area contributed by atoms with Crippen LogP contribution in [0, 0.1) is 47.3 Å². The molecule has 5 aliphatic carbocycles. The Balaban J connectivity index is 0.000000149. The van der Waals surface area contributed by atoms with Gasteiger partial charge in [0, 0.05) is 107 Å². The second kappa shape index (κ2) is 30.1. The third-order valence-corrected chi connectivity index (χ3v) is 24.2. The van der Waals surface area contributed by atoms with E-state index >= 15 is 0 Å². The highest BCUT2D eigenvalue weighted by Crippen LogP contribution is 2.43. The predicted octanol–water partition coefficient (Wildman–Crippen LogP) is 7.61. The molecule has 10 aliphatic rings. The molecule has 5 aliphatic heterocycles. The summed E-state index contributed by atoms with van der Waals surface area (Å²) in [5.74, 6) is -1.62. The number of pyridine rings is 4. The molecule has 6 aromatic rings. The van der Waals surface area contributed by atoms with E-state index in [1.807, 2.05) is 12.1 Å². The Hall–Kier alpha value is -10.3. The SMILES string of the molecule is CC[C@@]1(O)C(=O)CCc2c1cc1n(c2=O)Cc2cc3cc(O)ccc3nc2-1.CC[C@@]1(O)C(=O)OCc2c1cc1n(c2=O)Cc2cc3cc(OC(=O)C4CCC(CNC(=O)C5CCC(CN6C(=O)C=CC6=O)CC5)CC4)ccc3nc2-1.O=C(O)C1CCC(CNC(=O)C2CCC(CN3C(=O)C=CC3=O)CC2)CC1. The molecule has 0 spiro atoms. The lowest BCUT2D eigenvalue weighted by molar-refractivity contribution is -0.172. The maximum Gasteiger partial charge on any atom is 0.343 e. The fraction of sp³-hybridized carbons (Fsp3) is 0.481. The average Bonchev–Trinajstić information content (AvgIpc) is 1.65. The van der Waals surface area contributed by atoms with E-state index in [0.29, 0.717) is 127 Å². The molecule has 4 aromatic heterocycles. The van der Waals surface area contributed by atoms with Gasteiger partial charge in [0.2, 0.25) is 11.8 Å². The standard InChI is InChI=1S/C40H42N4O9.C21H18N2O4.C20H28N2O5/c1-2-40(51)30-17-32-35-27(20-43(32)37(48)29(30)21-52-39(40)50)15-26-16-28(11-12-31(26)42-35)53-38(49)25-9-3-22(4-10-25)18-41-36(47)24-7-5-23(6-8-24)19-44-33(45)13-14-34(44)46;1-2-21(27)15-9-17-19-12(7-11-8-13(24)3-5-16(11)22-19)10-23(17)20(26)14(15)4-6-18(21)25;23-17-9-10-18(24)22(17)12-14-3-5-15(6-4-14)19(25)21-11-13-1-7-16(8-2-13)20(26)27/h11-17,22-25,51H,2-10,18-21H2,1H3,(H,41,47);3,5,7-9,24,27H,2,4,6,10H2,1H3;9-10,13-16H,1-8,11-12H2,(H,21,25)(H,26,27)/t22?,23?,24?,25?,40-;21-;/m00./s1. The van der Waals surface area contributed by atoms with Gasteiger partial charge in [-0.15, -0.1) is 0 Å². The fourth-order valence-electron chi connectivity index (χ4n) is 17.5. The number of carboxylic acid groups (broad SMARTS) is 1. The normalized spacial score (nSPS) is 26.0. The zero-order valence-corrected chi connectivity index (χ0v) is 60.0. The van der Waals surface area contributed by atoms with Gasteiger partial charge in [-0.2, -0.15) is 0 Å². The van der Waals surface area contributed by atoms with Crippen molar-refractivity contribution in [1.29, 1.82) is 0 Å². The number of rotatable bonds is 15. The van der Waals surface area contributed by atoms with Crippen molar-refractivity contribution in [2.45, 2.75) is 173 Å². The molecule has 0 radical (unpaired) electrons. The molecule has 4 fully saturated rings. The van der Waals surface area contributed by atoms with Crippen LogP contribution >= 0.6 is 0 Å². The average molecular weight is 1460 g/mol. The molecule has 0 unspecified atom stereocenters. The smallest absolute Gasteiger partial charge is 0.343 e. The number of carboxylic acids is 1.